The standard InChI is InChI=1S/2C7H7.H3Si.Ti/c2*1-7-5-3-2-4-6-7;;/h2*2-6H,1H2;1H3;/q2*-1;;+2. The molecule has 81 valence electrons. The van der Waals surface area contributed by atoms with Crippen LogP contribution >= 0.6 is 0 Å². The average Bonchev–Trinajstić information content (AvgIpc) is 2.21. The summed E-state index contributed by atoms with van der Waals surface area (Å²) in [5.74, 6) is 0. The first-order valence-corrected chi connectivity index (χ1v) is 4.53. The summed E-state index contributed by atoms with van der Waals surface area (Å²) in [6, 6.07) is 19.7. The van der Waals surface area contributed by atoms with Crippen LogP contribution in [0.5, 0.6) is 0 Å². The third-order valence-corrected chi connectivity index (χ3v) is 1.69. The maximum Gasteiger partial charge on any atom is 2.00 e. The van der Waals surface area contributed by atoms with E-state index in [1.165, 1.54) is 0 Å². The molecule has 0 heterocycles. The number of hydrogen-bond donors (Lipinski definition) is 0. The first-order chi connectivity index (χ1) is 6.79. The molecular formula is C14H17SiTi. The Morgan fingerprint density at radius 2 is 0.812 bits per heavy atom. The minimum Gasteiger partial charge on any atom is -0.199 e. The average molecular weight is 261 g/mol. The molecule has 0 amide bonds. The van der Waals surface area contributed by atoms with Crippen molar-refractivity contribution in [2.24, 2.45) is 0 Å². The topological polar surface area (TPSA) is 0 Å². The Labute approximate surface area is 118 Å². The van der Waals surface area contributed by atoms with Gasteiger partial charge >= 0.3 is 21.7 Å². The Bertz CT molecular complexity index is 308. The normalized spacial score (nSPS) is 7.50. The van der Waals surface area contributed by atoms with E-state index in [9.17, 15) is 0 Å². The van der Waals surface area contributed by atoms with E-state index in [1.807, 2.05) is 60.7 Å². The monoisotopic (exact) mass is 261 g/mol. The van der Waals surface area contributed by atoms with Gasteiger partial charge in [0, 0.05) is 0 Å². The van der Waals surface area contributed by atoms with Gasteiger partial charge in [0.25, 0.3) is 0 Å². The van der Waals surface area contributed by atoms with Crippen LogP contribution in [0, 0.1) is 13.8 Å². The van der Waals surface area contributed by atoms with E-state index in [2.05, 4.69) is 13.8 Å². The van der Waals surface area contributed by atoms with E-state index < -0.39 is 0 Å². The van der Waals surface area contributed by atoms with E-state index in [1.54, 1.807) is 0 Å². The largest absolute Gasteiger partial charge is 2.00 e. The minimum absolute atomic E-state index is 0. The van der Waals surface area contributed by atoms with Crippen molar-refractivity contribution in [2.45, 2.75) is 0 Å². The van der Waals surface area contributed by atoms with Gasteiger partial charge in [-0.2, -0.15) is 49.2 Å². The van der Waals surface area contributed by atoms with Crippen molar-refractivity contribution < 1.29 is 21.7 Å². The third-order valence-electron chi connectivity index (χ3n) is 1.69. The second kappa shape index (κ2) is 10.6. The molecule has 0 saturated heterocycles. The van der Waals surface area contributed by atoms with Crippen LogP contribution < -0.4 is 0 Å². The first-order valence-electron chi connectivity index (χ1n) is 4.53. The van der Waals surface area contributed by atoms with E-state index in [0.29, 0.717) is 0 Å². The van der Waals surface area contributed by atoms with E-state index in [4.69, 9.17) is 0 Å². The second-order valence-corrected chi connectivity index (χ2v) is 2.97. The predicted octanol–water partition coefficient (Wildman–Crippen LogP) is 2.55. The Kier molecular flexibility index (Phi) is 11.6. The zero-order chi connectivity index (χ0) is 10.2. The number of benzene rings is 2. The summed E-state index contributed by atoms with van der Waals surface area (Å²) in [4.78, 5) is 0. The van der Waals surface area contributed by atoms with Crippen molar-refractivity contribution in [3.8, 4) is 0 Å². The van der Waals surface area contributed by atoms with Gasteiger partial charge in [0.2, 0.25) is 0 Å². The molecule has 0 spiro atoms. The van der Waals surface area contributed by atoms with E-state index in [-0.39, 0.29) is 32.7 Å². The summed E-state index contributed by atoms with van der Waals surface area (Å²) in [5.41, 5.74) is 2.14. The molecule has 16 heavy (non-hydrogen) atoms. The summed E-state index contributed by atoms with van der Waals surface area (Å²) < 4.78 is 0. The molecule has 0 aliphatic heterocycles. The molecule has 2 heteroatoms. The van der Waals surface area contributed by atoms with Gasteiger partial charge in [-0.05, 0) is 11.0 Å². The van der Waals surface area contributed by atoms with Crippen LogP contribution in [0.25, 0.3) is 0 Å². The van der Waals surface area contributed by atoms with Crippen LogP contribution in [0.15, 0.2) is 60.7 Å². The fourth-order valence-electron chi connectivity index (χ4n) is 0.956. The van der Waals surface area contributed by atoms with Gasteiger partial charge in [0.05, 0.1) is 0 Å². The fraction of sp³-hybridized carbons (Fsp3) is 0. The first kappa shape index (κ1) is 17.5. The van der Waals surface area contributed by atoms with Crippen molar-refractivity contribution in [2.75, 3.05) is 0 Å². The minimum atomic E-state index is 0. The van der Waals surface area contributed by atoms with Crippen LogP contribution in [0.3, 0.4) is 0 Å². The SMILES string of the molecule is [CH2-]c1ccccc1.[CH2-]c1ccccc1.[SiH3].[Ti+2]. The van der Waals surface area contributed by atoms with Crippen molar-refractivity contribution in [1.82, 2.24) is 0 Å². The molecule has 0 N–H and O–H groups in total. The van der Waals surface area contributed by atoms with Gasteiger partial charge in [-0.3, -0.25) is 0 Å². The Morgan fingerprint density at radius 1 is 0.562 bits per heavy atom. The third kappa shape index (κ3) is 8.42. The zero-order valence-corrected chi connectivity index (χ0v) is 13.2. The van der Waals surface area contributed by atoms with Crippen molar-refractivity contribution in [3.63, 3.8) is 0 Å². The molecule has 1 radical (unpaired) electrons. The van der Waals surface area contributed by atoms with Crippen LogP contribution in [0.4, 0.5) is 0 Å². The van der Waals surface area contributed by atoms with Crippen LogP contribution in [0.1, 0.15) is 11.1 Å². The molecular weight excluding hydrogens is 244 g/mol. The van der Waals surface area contributed by atoms with E-state index >= 15 is 0 Å². The van der Waals surface area contributed by atoms with Gasteiger partial charge in [-0.15, -0.1) is 24.3 Å². The van der Waals surface area contributed by atoms with Gasteiger partial charge in [-0.25, -0.2) is 0 Å². The molecule has 2 aromatic carbocycles. The molecule has 0 nitrogen and oxygen atoms in total. The van der Waals surface area contributed by atoms with Crippen molar-refractivity contribution in [3.05, 3.63) is 85.6 Å². The molecule has 0 aliphatic rings. The maximum absolute atomic E-state index is 3.72. The fourth-order valence-corrected chi connectivity index (χ4v) is 0.956. The Hall–Kier alpha value is -0.889. The smallest absolute Gasteiger partial charge is 0.199 e. The second-order valence-electron chi connectivity index (χ2n) is 2.97. The van der Waals surface area contributed by atoms with Crippen LogP contribution in [-0.2, 0) is 21.7 Å². The molecule has 2 aromatic rings. The number of rotatable bonds is 0. The molecule has 0 aromatic heterocycles. The predicted molar refractivity (Wildman–Crippen MR) is 71.7 cm³/mol. The summed E-state index contributed by atoms with van der Waals surface area (Å²) in [5, 5.41) is 0. The molecule has 0 atom stereocenters. The van der Waals surface area contributed by atoms with Gasteiger partial charge in [0.1, 0.15) is 0 Å². The van der Waals surface area contributed by atoms with E-state index in [0.717, 1.165) is 11.1 Å². The van der Waals surface area contributed by atoms with Crippen LogP contribution in [0.2, 0.25) is 0 Å². The summed E-state index contributed by atoms with van der Waals surface area (Å²) in [7, 11) is 0. The van der Waals surface area contributed by atoms with Crippen LogP contribution in [-0.4, -0.2) is 11.0 Å². The zero-order valence-electron chi connectivity index (χ0n) is 9.69. The quantitative estimate of drug-likeness (QED) is 0.505. The maximum atomic E-state index is 3.72. The number of hydrogen-bond acceptors (Lipinski definition) is 0. The van der Waals surface area contributed by atoms with Crippen molar-refractivity contribution in [1.29, 1.82) is 0 Å². The molecule has 0 aliphatic carbocycles. The molecule has 0 fully saturated rings. The molecule has 2 rings (SSSR count). The van der Waals surface area contributed by atoms with Crippen molar-refractivity contribution >= 4 is 11.0 Å². The Morgan fingerprint density at radius 3 is 0.938 bits per heavy atom. The van der Waals surface area contributed by atoms with Gasteiger partial charge in [-0.1, -0.05) is 12.1 Å². The summed E-state index contributed by atoms with van der Waals surface area (Å²) >= 11 is 0. The summed E-state index contributed by atoms with van der Waals surface area (Å²) in [6.07, 6.45) is 0. The Balaban J connectivity index is 0. The molecule has 0 bridgehead atoms. The summed E-state index contributed by atoms with van der Waals surface area (Å²) in [6.45, 7) is 7.44. The molecule has 0 unspecified atom stereocenters. The molecule has 0 saturated carbocycles. The van der Waals surface area contributed by atoms with Gasteiger partial charge in [0.15, 0.2) is 0 Å². The van der Waals surface area contributed by atoms with Gasteiger partial charge < -0.3 is 0 Å².